The van der Waals surface area contributed by atoms with Crippen LogP contribution in [0.25, 0.3) is 0 Å². The molecule has 0 saturated carbocycles. The monoisotopic (exact) mass is 223 g/mol. The summed E-state index contributed by atoms with van der Waals surface area (Å²) in [6.07, 6.45) is -13.1. The maximum absolute atomic E-state index is 12.1. The van der Waals surface area contributed by atoms with Gasteiger partial charge in [0.1, 0.15) is 0 Å². The number of carbonyl (C=O) groups excluding carboxylic acids is 1. The first-order valence-corrected chi connectivity index (χ1v) is 3.47. The molecule has 1 N–H and O–H groups in total. The number of hydrogen-bond donors (Lipinski definition) is 1. The molecule has 0 fully saturated rings. The molecule has 2 nitrogen and oxygen atoms in total. The van der Waals surface area contributed by atoms with Gasteiger partial charge in [-0.2, -0.15) is 26.3 Å². The van der Waals surface area contributed by atoms with Crippen molar-refractivity contribution in [2.45, 2.75) is 31.2 Å². The van der Waals surface area contributed by atoms with Crippen LogP contribution in [-0.4, -0.2) is 24.3 Å². The molecule has 0 aliphatic rings. The van der Waals surface area contributed by atoms with Crippen LogP contribution in [0.4, 0.5) is 26.3 Å². The normalized spacial score (nSPS) is 13.9. The van der Waals surface area contributed by atoms with E-state index in [1.807, 2.05) is 0 Å². The summed E-state index contributed by atoms with van der Waals surface area (Å²) >= 11 is 0. The van der Waals surface area contributed by atoms with Gasteiger partial charge in [-0.15, -0.1) is 0 Å². The van der Waals surface area contributed by atoms with Crippen molar-refractivity contribution >= 4 is 6.41 Å². The Balaban J connectivity index is 5.31. The van der Waals surface area contributed by atoms with Crippen LogP contribution in [0.15, 0.2) is 0 Å². The first-order chi connectivity index (χ1) is 6.12. The molecule has 0 radical (unpaired) electrons. The van der Waals surface area contributed by atoms with Crippen molar-refractivity contribution in [1.82, 2.24) is 5.32 Å². The fourth-order valence-corrected chi connectivity index (χ4v) is 0.928. The van der Waals surface area contributed by atoms with Gasteiger partial charge in [-0.3, -0.25) is 4.79 Å². The Hall–Kier alpha value is -0.950. The zero-order valence-electron chi connectivity index (χ0n) is 6.96. The SMILES string of the molecule is CCC(NC=O)(C(F)(F)F)C(F)(F)F. The maximum Gasteiger partial charge on any atom is 0.420 e. The zero-order chi connectivity index (χ0) is 11.6. The minimum atomic E-state index is -5.57. The molecular weight excluding hydrogens is 216 g/mol. The minimum Gasteiger partial charge on any atom is -0.337 e. The maximum atomic E-state index is 12.1. The quantitative estimate of drug-likeness (QED) is 0.575. The van der Waals surface area contributed by atoms with Gasteiger partial charge in [-0.1, -0.05) is 6.92 Å². The highest BCUT2D eigenvalue weighted by Gasteiger charge is 2.69. The second-order valence-electron chi connectivity index (χ2n) is 2.52. The summed E-state index contributed by atoms with van der Waals surface area (Å²) in [4.78, 5) is 9.76. The first-order valence-electron chi connectivity index (χ1n) is 3.47. The van der Waals surface area contributed by atoms with Crippen molar-refractivity contribution in [3.8, 4) is 0 Å². The Kier molecular flexibility index (Phi) is 3.41. The van der Waals surface area contributed by atoms with Crippen LogP contribution < -0.4 is 5.32 Å². The van der Waals surface area contributed by atoms with Gasteiger partial charge in [0.15, 0.2) is 0 Å². The van der Waals surface area contributed by atoms with Crippen LogP contribution >= 0.6 is 0 Å². The molecule has 0 aromatic carbocycles. The number of carbonyl (C=O) groups is 1. The number of nitrogens with one attached hydrogen (secondary N) is 1. The molecular formula is C6H7F6NO. The Bertz CT molecular complexity index is 193. The lowest BCUT2D eigenvalue weighted by Gasteiger charge is -2.35. The average Bonchev–Trinajstić information content (AvgIpc) is 1.94. The molecule has 0 aliphatic heterocycles. The summed E-state index contributed by atoms with van der Waals surface area (Å²) in [5.41, 5.74) is -4.15. The Morgan fingerprint density at radius 1 is 1.07 bits per heavy atom. The Morgan fingerprint density at radius 3 is 1.50 bits per heavy atom. The van der Waals surface area contributed by atoms with Gasteiger partial charge in [0, 0.05) is 0 Å². The van der Waals surface area contributed by atoms with E-state index in [1.165, 1.54) is 0 Å². The third-order valence-electron chi connectivity index (χ3n) is 1.80. The molecule has 0 heterocycles. The molecule has 1 amide bonds. The highest BCUT2D eigenvalue weighted by atomic mass is 19.4. The highest BCUT2D eigenvalue weighted by molar-refractivity contribution is 5.49. The van der Waals surface area contributed by atoms with E-state index in [-0.39, 0.29) is 0 Å². The van der Waals surface area contributed by atoms with Gasteiger partial charge in [-0.25, -0.2) is 0 Å². The molecule has 8 heteroatoms. The lowest BCUT2D eigenvalue weighted by atomic mass is 9.95. The number of amides is 1. The standard InChI is InChI=1S/C6H7F6NO/c1-2-4(13-3-14,5(7,8)9)6(10,11)12/h3H,2H2,1H3,(H,13,14). The van der Waals surface area contributed by atoms with Crippen molar-refractivity contribution in [2.75, 3.05) is 0 Å². The lowest BCUT2D eigenvalue weighted by Crippen LogP contribution is -2.65. The molecule has 0 aliphatic carbocycles. The van der Waals surface area contributed by atoms with Crippen LogP contribution in [0.1, 0.15) is 13.3 Å². The van der Waals surface area contributed by atoms with E-state index in [4.69, 9.17) is 0 Å². The summed E-state index contributed by atoms with van der Waals surface area (Å²) in [5, 5.41) is 0.795. The van der Waals surface area contributed by atoms with E-state index in [0.29, 0.717) is 6.92 Å². The average molecular weight is 223 g/mol. The molecule has 84 valence electrons. The van der Waals surface area contributed by atoms with Gasteiger partial charge in [0.05, 0.1) is 0 Å². The first kappa shape index (κ1) is 13.0. The fraction of sp³-hybridized carbons (Fsp3) is 0.833. The van der Waals surface area contributed by atoms with E-state index in [9.17, 15) is 31.1 Å². The number of halogens is 6. The topological polar surface area (TPSA) is 29.1 Å². The molecule has 0 spiro atoms. The van der Waals surface area contributed by atoms with Crippen LogP contribution in [0, 0.1) is 0 Å². The van der Waals surface area contributed by atoms with Crippen molar-refractivity contribution in [2.24, 2.45) is 0 Å². The lowest BCUT2D eigenvalue weighted by molar-refractivity contribution is -0.305. The second kappa shape index (κ2) is 3.66. The molecule has 0 bridgehead atoms. The van der Waals surface area contributed by atoms with Gasteiger partial charge < -0.3 is 5.32 Å². The summed E-state index contributed by atoms with van der Waals surface area (Å²) in [6, 6.07) is 0. The smallest absolute Gasteiger partial charge is 0.337 e. The predicted molar refractivity (Wildman–Crippen MR) is 34.3 cm³/mol. The largest absolute Gasteiger partial charge is 0.420 e. The molecule has 0 atom stereocenters. The fourth-order valence-electron chi connectivity index (χ4n) is 0.928. The minimum absolute atomic E-state index is 0.607. The molecule has 14 heavy (non-hydrogen) atoms. The number of alkyl halides is 6. The van der Waals surface area contributed by atoms with Crippen LogP contribution in [0.3, 0.4) is 0 Å². The van der Waals surface area contributed by atoms with Crippen LogP contribution in [0.5, 0.6) is 0 Å². The van der Waals surface area contributed by atoms with Crippen molar-refractivity contribution < 1.29 is 31.1 Å². The van der Waals surface area contributed by atoms with E-state index in [2.05, 4.69) is 0 Å². The highest BCUT2D eigenvalue weighted by Crippen LogP contribution is 2.44. The van der Waals surface area contributed by atoms with Gasteiger partial charge >= 0.3 is 12.4 Å². The zero-order valence-corrected chi connectivity index (χ0v) is 6.96. The van der Waals surface area contributed by atoms with Crippen LogP contribution in [0.2, 0.25) is 0 Å². The molecule has 0 aromatic heterocycles. The third-order valence-corrected chi connectivity index (χ3v) is 1.80. The number of hydrogen-bond acceptors (Lipinski definition) is 1. The van der Waals surface area contributed by atoms with Crippen molar-refractivity contribution in [1.29, 1.82) is 0 Å². The van der Waals surface area contributed by atoms with Crippen molar-refractivity contribution in [3.05, 3.63) is 0 Å². The van der Waals surface area contributed by atoms with E-state index in [0.717, 1.165) is 5.32 Å². The summed E-state index contributed by atoms with van der Waals surface area (Å²) in [6.45, 7) is 0.692. The number of rotatable bonds is 3. The molecule has 0 unspecified atom stereocenters. The van der Waals surface area contributed by atoms with E-state index < -0.39 is 30.7 Å². The molecule has 0 aromatic rings. The summed E-state index contributed by atoms with van der Waals surface area (Å²) in [5.74, 6) is 0. The van der Waals surface area contributed by atoms with Gasteiger partial charge in [0.2, 0.25) is 11.9 Å². The van der Waals surface area contributed by atoms with E-state index >= 15 is 0 Å². The Labute approximate surface area is 75.3 Å². The molecule has 0 saturated heterocycles. The van der Waals surface area contributed by atoms with Gasteiger partial charge in [-0.05, 0) is 6.42 Å². The van der Waals surface area contributed by atoms with Crippen LogP contribution in [-0.2, 0) is 4.79 Å². The second-order valence-corrected chi connectivity index (χ2v) is 2.52. The third kappa shape index (κ3) is 1.93. The summed E-state index contributed by atoms with van der Waals surface area (Å²) in [7, 11) is 0. The van der Waals surface area contributed by atoms with Crippen molar-refractivity contribution in [3.63, 3.8) is 0 Å². The summed E-state index contributed by atoms with van der Waals surface area (Å²) < 4.78 is 72.7. The Morgan fingerprint density at radius 2 is 1.43 bits per heavy atom. The van der Waals surface area contributed by atoms with E-state index in [1.54, 1.807) is 0 Å². The molecule has 0 rings (SSSR count). The predicted octanol–water partition coefficient (Wildman–Crippen LogP) is 2.01. The van der Waals surface area contributed by atoms with Gasteiger partial charge in [0.25, 0.3) is 0 Å².